The van der Waals surface area contributed by atoms with E-state index in [4.69, 9.17) is 40.9 Å². The molecule has 0 saturated heterocycles. The Morgan fingerprint density at radius 3 is 0.613 bits per heavy atom. The van der Waals surface area contributed by atoms with E-state index in [2.05, 4.69) is 0 Å². The summed E-state index contributed by atoms with van der Waals surface area (Å²) in [6.45, 7) is 10.4. The van der Waals surface area contributed by atoms with Crippen molar-refractivity contribution in [1.29, 1.82) is 0 Å². The SMILES string of the molecule is CC(C)O.CC(C)O.O.O.OCCN(CCO)CCO.OCCN(CCO)CCO.[Ti]. The van der Waals surface area contributed by atoms with Crippen LogP contribution in [0, 0.1) is 0 Å². The first-order valence-corrected chi connectivity index (χ1v) is 9.62. The maximum atomic E-state index is 8.48. The summed E-state index contributed by atoms with van der Waals surface area (Å²) in [5.41, 5.74) is 0. The number of aliphatic hydroxyl groups excluding tert-OH is 8. The molecule has 0 amide bonds. The molecular weight excluding hydrogens is 452 g/mol. The fourth-order valence-corrected chi connectivity index (χ4v) is 1.52. The van der Waals surface area contributed by atoms with E-state index >= 15 is 0 Å². The molecule has 0 spiro atoms. The van der Waals surface area contributed by atoms with E-state index in [0.29, 0.717) is 39.3 Å². The molecule has 0 unspecified atom stereocenters. The van der Waals surface area contributed by atoms with Crippen LogP contribution < -0.4 is 0 Å². The molecule has 13 heteroatoms. The minimum Gasteiger partial charge on any atom is -0.412 e. The van der Waals surface area contributed by atoms with E-state index in [0.717, 1.165) is 0 Å². The fraction of sp³-hybridized carbons (Fsp3) is 1.00. The summed E-state index contributed by atoms with van der Waals surface area (Å²) in [4.78, 5) is 3.58. The van der Waals surface area contributed by atoms with Crippen LogP contribution in [-0.4, -0.2) is 153 Å². The Balaban J connectivity index is -0.0000000518. The van der Waals surface area contributed by atoms with Crippen LogP contribution in [0.25, 0.3) is 0 Å². The van der Waals surface area contributed by atoms with Gasteiger partial charge in [-0.3, -0.25) is 9.80 Å². The van der Waals surface area contributed by atoms with Crippen LogP contribution in [0.1, 0.15) is 27.7 Å². The molecule has 0 atom stereocenters. The second-order valence-corrected chi connectivity index (χ2v) is 6.21. The average molecular weight is 502 g/mol. The normalized spacial score (nSPS) is 9.29. The van der Waals surface area contributed by atoms with E-state index in [1.165, 1.54) is 0 Å². The molecule has 0 aromatic carbocycles. The molecule has 12 N–H and O–H groups in total. The van der Waals surface area contributed by atoms with Crippen LogP contribution in [0.5, 0.6) is 0 Å². The standard InChI is InChI=1S/2C6H15NO3.2C3H8O.2H2O.Ti/c2*8-4-1-7(2-5-9)3-6-10;2*1-3(2)4;;;/h2*8-10H,1-6H2;2*3-4H,1-2H3;2*1H2;. The van der Waals surface area contributed by atoms with E-state index in [9.17, 15) is 0 Å². The maximum Gasteiger partial charge on any atom is 0.0558 e. The first kappa shape index (κ1) is 48.6. The third-order valence-corrected chi connectivity index (χ3v) is 2.50. The van der Waals surface area contributed by atoms with Crippen LogP contribution in [0.4, 0.5) is 0 Å². The Morgan fingerprint density at radius 1 is 0.452 bits per heavy atom. The summed E-state index contributed by atoms with van der Waals surface area (Å²) in [5, 5.41) is 67.0. The zero-order valence-corrected chi connectivity index (χ0v) is 21.2. The van der Waals surface area contributed by atoms with Crippen LogP contribution in [0.2, 0.25) is 0 Å². The number of hydrogen-bond acceptors (Lipinski definition) is 10. The van der Waals surface area contributed by atoms with E-state index < -0.39 is 0 Å². The zero-order valence-electron chi connectivity index (χ0n) is 19.6. The van der Waals surface area contributed by atoms with Gasteiger partial charge in [0.15, 0.2) is 0 Å². The van der Waals surface area contributed by atoms with E-state index in [1.807, 2.05) is 0 Å². The smallest absolute Gasteiger partial charge is 0.0558 e. The number of rotatable bonds is 12. The van der Waals surface area contributed by atoms with Crippen LogP contribution in [0.15, 0.2) is 0 Å². The molecule has 0 aliphatic heterocycles. The van der Waals surface area contributed by atoms with E-state index in [1.54, 1.807) is 37.5 Å². The van der Waals surface area contributed by atoms with Gasteiger partial charge in [-0.1, -0.05) is 0 Å². The topological polar surface area (TPSA) is 231 Å². The molecule has 0 aromatic heterocycles. The largest absolute Gasteiger partial charge is 0.412 e. The van der Waals surface area contributed by atoms with Gasteiger partial charge in [-0.2, -0.15) is 0 Å². The average Bonchev–Trinajstić information content (AvgIpc) is 2.56. The van der Waals surface area contributed by atoms with Gasteiger partial charge < -0.3 is 51.8 Å². The van der Waals surface area contributed by atoms with E-state index in [-0.39, 0.29) is 84.5 Å². The molecule has 12 nitrogen and oxygen atoms in total. The number of hydrogen-bond donors (Lipinski definition) is 8. The molecule has 0 aliphatic carbocycles. The maximum absolute atomic E-state index is 8.48. The van der Waals surface area contributed by atoms with Crippen molar-refractivity contribution in [2.75, 3.05) is 78.9 Å². The minimum absolute atomic E-state index is 0. The molecular formula is C18H50N2O10Ti. The van der Waals surface area contributed by atoms with Crippen molar-refractivity contribution < 1.29 is 73.5 Å². The molecule has 0 heterocycles. The van der Waals surface area contributed by atoms with Crippen LogP contribution in [0.3, 0.4) is 0 Å². The first-order chi connectivity index (χ1) is 13.2. The summed E-state index contributed by atoms with van der Waals surface area (Å²) in [6.07, 6.45) is -0.333. The fourth-order valence-electron chi connectivity index (χ4n) is 1.52. The van der Waals surface area contributed by atoms with Gasteiger partial charge >= 0.3 is 0 Å². The van der Waals surface area contributed by atoms with Gasteiger partial charge in [0, 0.05) is 73.2 Å². The molecule has 31 heavy (non-hydrogen) atoms. The van der Waals surface area contributed by atoms with Gasteiger partial charge in [-0.05, 0) is 27.7 Å². The molecule has 0 fully saturated rings. The van der Waals surface area contributed by atoms with Gasteiger partial charge in [0.2, 0.25) is 0 Å². The van der Waals surface area contributed by atoms with Crippen molar-refractivity contribution in [2.24, 2.45) is 0 Å². The summed E-state index contributed by atoms with van der Waals surface area (Å²) < 4.78 is 0. The third-order valence-electron chi connectivity index (χ3n) is 2.50. The molecule has 196 valence electrons. The molecule has 0 rings (SSSR count). The molecule has 0 aromatic rings. The van der Waals surface area contributed by atoms with Gasteiger partial charge in [-0.15, -0.1) is 0 Å². The van der Waals surface area contributed by atoms with Crippen molar-refractivity contribution in [3.8, 4) is 0 Å². The summed E-state index contributed by atoms with van der Waals surface area (Å²) in [7, 11) is 0. The summed E-state index contributed by atoms with van der Waals surface area (Å²) in [6, 6.07) is 0. The Labute approximate surface area is 202 Å². The molecule has 0 radical (unpaired) electrons. The molecule has 0 bridgehead atoms. The monoisotopic (exact) mass is 502 g/mol. The minimum atomic E-state index is -0.167. The predicted molar refractivity (Wildman–Crippen MR) is 117 cm³/mol. The second-order valence-electron chi connectivity index (χ2n) is 6.21. The number of nitrogens with zero attached hydrogens (tertiary/aromatic N) is 2. The first-order valence-electron chi connectivity index (χ1n) is 9.62. The predicted octanol–water partition coefficient (Wildman–Crippen LogP) is -4.35. The Kier molecular flexibility index (Phi) is 69.0. The van der Waals surface area contributed by atoms with Gasteiger partial charge in [0.25, 0.3) is 0 Å². The molecule has 0 aliphatic rings. The van der Waals surface area contributed by atoms with Crippen LogP contribution >= 0.6 is 0 Å². The second kappa shape index (κ2) is 44.0. The quantitative estimate of drug-likeness (QED) is 0.120. The summed E-state index contributed by atoms with van der Waals surface area (Å²) in [5.74, 6) is 0. The number of aliphatic hydroxyl groups is 8. The Morgan fingerprint density at radius 2 is 0.548 bits per heavy atom. The van der Waals surface area contributed by atoms with Gasteiger partial charge in [-0.25, -0.2) is 0 Å². The van der Waals surface area contributed by atoms with Gasteiger partial charge in [0.05, 0.1) is 39.6 Å². The third kappa shape index (κ3) is 72.5. The van der Waals surface area contributed by atoms with Gasteiger partial charge in [0.1, 0.15) is 0 Å². The Hall–Kier alpha value is 0.234. The van der Waals surface area contributed by atoms with Crippen LogP contribution in [-0.2, 0) is 21.7 Å². The van der Waals surface area contributed by atoms with Crippen molar-refractivity contribution >= 4 is 0 Å². The Bertz CT molecular complexity index is 201. The van der Waals surface area contributed by atoms with Crippen molar-refractivity contribution in [3.05, 3.63) is 0 Å². The zero-order chi connectivity index (χ0) is 22.8. The molecule has 0 saturated carbocycles. The van der Waals surface area contributed by atoms with Crippen molar-refractivity contribution in [1.82, 2.24) is 9.80 Å². The van der Waals surface area contributed by atoms with Crippen molar-refractivity contribution in [3.63, 3.8) is 0 Å². The van der Waals surface area contributed by atoms with Crippen molar-refractivity contribution in [2.45, 2.75) is 39.9 Å². The summed E-state index contributed by atoms with van der Waals surface area (Å²) >= 11 is 0.